The number of piperidine rings is 3. The van der Waals surface area contributed by atoms with Crippen LogP contribution in [0.5, 0.6) is 0 Å². The van der Waals surface area contributed by atoms with E-state index in [9.17, 15) is 0 Å². The van der Waals surface area contributed by atoms with Crippen molar-refractivity contribution in [2.75, 3.05) is 19.6 Å². The molecule has 4 unspecified atom stereocenters. The third-order valence-electron chi connectivity index (χ3n) is 5.56. The Balaban J connectivity index is 1.57. The number of nitrogens with zero attached hydrogens (tertiary/aromatic N) is 1. The smallest absolute Gasteiger partial charge is 0.0129 e. The topological polar surface area (TPSA) is 15.3 Å². The van der Waals surface area contributed by atoms with Gasteiger partial charge in [-0.3, -0.25) is 0 Å². The summed E-state index contributed by atoms with van der Waals surface area (Å²) in [6.07, 6.45) is 7.42. The van der Waals surface area contributed by atoms with Crippen molar-refractivity contribution >= 4 is 0 Å². The van der Waals surface area contributed by atoms with Crippen LogP contribution >= 0.6 is 0 Å². The molecule has 17 heavy (non-hydrogen) atoms. The van der Waals surface area contributed by atoms with Gasteiger partial charge in [0.15, 0.2) is 0 Å². The molecule has 2 heteroatoms. The van der Waals surface area contributed by atoms with Gasteiger partial charge in [0.05, 0.1) is 0 Å². The second-order valence-electron chi connectivity index (χ2n) is 6.64. The van der Waals surface area contributed by atoms with Crippen molar-refractivity contribution in [1.29, 1.82) is 0 Å². The van der Waals surface area contributed by atoms with Crippen molar-refractivity contribution in [3.8, 4) is 0 Å². The van der Waals surface area contributed by atoms with Gasteiger partial charge in [0.2, 0.25) is 0 Å². The maximum atomic E-state index is 3.58. The number of nitrogens with one attached hydrogen (secondary N) is 1. The van der Waals surface area contributed by atoms with E-state index in [0.29, 0.717) is 0 Å². The first-order valence-electron chi connectivity index (χ1n) is 7.75. The van der Waals surface area contributed by atoms with Gasteiger partial charge in [-0.25, -0.2) is 0 Å². The van der Waals surface area contributed by atoms with Crippen molar-refractivity contribution < 1.29 is 0 Å². The van der Waals surface area contributed by atoms with Gasteiger partial charge < -0.3 is 10.2 Å². The van der Waals surface area contributed by atoms with Crippen molar-refractivity contribution in [2.24, 2.45) is 17.8 Å². The molecule has 0 spiro atoms. The quantitative estimate of drug-likeness (QED) is 0.807. The lowest BCUT2D eigenvalue weighted by molar-refractivity contribution is 0.00792. The fourth-order valence-corrected chi connectivity index (χ4v) is 4.88. The first kappa shape index (κ1) is 12.0. The Hall–Kier alpha value is -0.0800. The number of fused-ring (bicyclic) bond motifs is 2. The Morgan fingerprint density at radius 3 is 2.65 bits per heavy atom. The third kappa shape index (κ3) is 2.26. The molecule has 3 heterocycles. The van der Waals surface area contributed by atoms with Crippen LogP contribution in [0.4, 0.5) is 0 Å². The van der Waals surface area contributed by atoms with E-state index in [-0.39, 0.29) is 0 Å². The highest BCUT2D eigenvalue weighted by molar-refractivity contribution is 5.00. The van der Waals surface area contributed by atoms with Gasteiger partial charge in [-0.1, -0.05) is 6.92 Å². The molecule has 98 valence electrons. The Morgan fingerprint density at radius 1 is 1.24 bits per heavy atom. The third-order valence-corrected chi connectivity index (χ3v) is 5.56. The average molecular weight is 236 g/mol. The molecule has 1 saturated carbocycles. The minimum atomic E-state index is 0.720. The number of hydrogen-bond donors (Lipinski definition) is 1. The van der Waals surface area contributed by atoms with E-state index in [2.05, 4.69) is 24.1 Å². The molecule has 4 fully saturated rings. The predicted molar refractivity (Wildman–Crippen MR) is 72.1 cm³/mol. The van der Waals surface area contributed by atoms with Gasteiger partial charge >= 0.3 is 0 Å². The summed E-state index contributed by atoms with van der Waals surface area (Å²) in [6.45, 7) is 8.51. The van der Waals surface area contributed by atoms with Crippen molar-refractivity contribution in [3.63, 3.8) is 0 Å². The van der Waals surface area contributed by atoms with Crippen LogP contribution in [-0.4, -0.2) is 36.6 Å². The molecule has 4 atom stereocenters. The highest BCUT2D eigenvalue weighted by Gasteiger charge is 2.47. The molecular formula is C15H28N2. The minimum absolute atomic E-state index is 0.720. The second kappa shape index (κ2) is 4.89. The molecule has 1 N–H and O–H groups in total. The minimum Gasteiger partial charge on any atom is -0.315 e. The van der Waals surface area contributed by atoms with Crippen molar-refractivity contribution in [3.05, 3.63) is 0 Å². The number of rotatable bonds is 4. The molecule has 1 aliphatic carbocycles. The second-order valence-corrected chi connectivity index (χ2v) is 6.64. The molecule has 0 amide bonds. The van der Waals surface area contributed by atoms with E-state index in [1.807, 2.05) is 0 Å². The summed E-state index contributed by atoms with van der Waals surface area (Å²) in [6, 6.07) is 1.69. The first-order valence-corrected chi connectivity index (χ1v) is 7.75. The van der Waals surface area contributed by atoms with Gasteiger partial charge in [-0.15, -0.1) is 0 Å². The van der Waals surface area contributed by atoms with Crippen LogP contribution in [0, 0.1) is 17.8 Å². The van der Waals surface area contributed by atoms with Crippen LogP contribution in [0.15, 0.2) is 0 Å². The SMILES string of the molecule is CCNC(C)CC1CC2C3CCN(CC3)C2C1. The van der Waals surface area contributed by atoms with Gasteiger partial charge in [-0.05, 0) is 76.4 Å². The lowest BCUT2D eigenvalue weighted by atomic mass is 9.75. The zero-order chi connectivity index (χ0) is 11.8. The lowest BCUT2D eigenvalue weighted by Gasteiger charge is -2.48. The van der Waals surface area contributed by atoms with Gasteiger partial charge in [0.1, 0.15) is 0 Å². The monoisotopic (exact) mass is 236 g/mol. The van der Waals surface area contributed by atoms with Crippen LogP contribution in [-0.2, 0) is 0 Å². The first-order chi connectivity index (χ1) is 8.28. The zero-order valence-electron chi connectivity index (χ0n) is 11.5. The fraction of sp³-hybridized carbons (Fsp3) is 1.00. The molecule has 0 radical (unpaired) electrons. The summed E-state index contributed by atoms with van der Waals surface area (Å²) in [5.41, 5.74) is 0. The highest BCUT2D eigenvalue weighted by Crippen LogP contribution is 2.48. The van der Waals surface area contributed by atoms with Gasteiger partial charge in [0.25, 0.3) is 0 Å². The van der Waals surface area contributed by atoms with Crippen molar-refractivity contribution in [2.45, 2.75) is 58.0 Å². The fourth-order valence-electron chi connectivity index (χ4n) is 4.88. The molecule has 0 aromatic heterocycles. The van der Waals surface area contributed by atoms with E-state index >= 15 is 0 Å². The molecule has 3 aliphatic heterocycles. The Labute approximate surface area is 106 Å². The van der Waals surface area contributed by atoms with Crippen LogP contribution in [0.2, 0.25) is 0 Å². The molecule has 0 aromatic carbocycles. The summed E-state index contributed by atoms with van der Waals surface area (Å²) in [5, 5.41) is 3.58. The summed E-state index contributed by atoms with van der Waals surface area (Å²) >= 11 is 0. The van der Waals surface area contributed by atoms with Crippen LogP contribution < -0.4 is 5.32 Å². The highest BCUT2D eigenvalue weighted by atomic mass is 15.2. The largest absolute Gasteiger partial charge is 0.315 e. The van der Waals surface area contributed by atoms with Gasteiger partial charge in [-0.2, -0.15) is 0 Å². The predicted octanol–water partition coefficient (Wildman–Crippen LogP) is 2.49. The maximum Gasteiger partial charge on any atom is 0.0129 e. The summed E-state index contributed by atoms with van der Waals surface area (Å²) < 4.78 is 0. The maximum absolute atomic E-state index is 3.58. The van der Waals surface area contributed by atoms with Gasteiger partial charge in [0, 0.05) is 12.1 Å². The molecule has 3 saturated heterocycles. The van der Waals surface area contributed by atoms with Crippen LogP contribution in [0.1, 0.15) is 46.0 Å². The van der Waals surface area contributed by atoms with E-state index in [0.717, 1.165) is 36.4 Å². The average Bonchev–Trinajstić information content (AvgIpc) is 2.75. The van der Waals surface area contributed by atoms with Crippen LogP contribution in [0.25, 0.3) is 0 Å². The molecule has 4 rings (SSSR count). The summed E-state index contributed by atoms with van der Waals surface area (Å²) in [4.78, 5) is 2.81. The molecule has 2 nitrogen and oxygen atoms in total. The number of hydrogen-bond acceptors (Lipinski definition) is 2. The van der Waals surface area contributed by atoms with E-state index in [1.165, 1.54) is 45.2 Å². The standard InChI is InChI=1S/C15H28N2/c1-3-16-11(2)8-12-9-14-13-4-6-17(7-5-13)15(14)10-12/h11-16H,3-10H2,1-2H3. The summed E-state index contributed by atoms with van der Waals surface area (Å²) in [5.74, 6) is 3.15. The van der Waals surface area contributed by atoms with E-state index in [4.69, 9.17) is 0 Å². The lowest BCUT2D eigenvalue weighted by Crippen LogP contribution is -2.52. The zero-order valence-corrected chi connectivity index (χ0v) is 11.5. The molecule has 0 aromatic rings. The summed E-state index contributed by atoms with van der Waals surface area (Å²) in [7, 11) is 0. The van der Waals surface area contributed by atoms with Crippen molar-refractivity contribution in [1.82, 2.24) is 10.2 Å². The van der Waals surface area contributed by atoms with E-state index in [1.54, 1.807) is 0 Å². The molecular weight excluding hydrogens is 208 g/mol. The van der Waals surface area contributed by atoms with E-state index < -0.39 is 0 Å². The molecule has 4 aliphatic rings. The Morgan fingerprint density at radius 2 is 2.00 bits per heavy atom. The molecule has 2 bridgehead atoms. The van der Waals surface area contributed by atoms with Crippen LogP contribution in [0.3, 0.4) is 0 Å². The Kier molecular flexibility index (Phi) is 3.45. The Bertz CT molecular complexity index is 238. The normalized spacial score (nSPS) is 45.9.